The fourth-order valence-electron chi connectivity index (χ4n) is 0.721. The van der Waals surface area contributed by atoms with Gasteiger partial charge in [-0.3, -0.25) is 0 Å². The average Bonchev–Trinajstić information content (AvgIpc) is 2.04. The molecule has 0 spiro atoms. The maximum Gasteiger partial charge on any atom is 0.119 e. The fourth-order valence-corrected chi connectivity index (χ4v) is 0.847. The summed E-state index contributed by atoms with van der Waals surface area (Å²) in [5.41, 5.74) is 0. The molecule has 0 fully saturated rings. The van der Waals surface area contributed by atoms with E-state index in [0.29, 0.717) is 6.61 Å². The zero-order valence-corrected chi connectivity index (χ0v) is 6.97. The first-order chi connectivity index (χ1) is 5.33. The zero-order chi connectivity index (χ0) is 8.10. The second-order valence-electron chi connectivity index (χ2n) is 2.16. The Kier molecular flexibility index (Phi) is 3.24. The van der Waals surface area contributed by atoms with Gasteiger partial charge in [-0.15, -0.1) is 0 Å². The number of hydrogen-bond acceptors (Lipinski definition) is 1. The van der Waals surface area contributed by atoms with E-state index >= 15 is 0 Å². The third kappa shape index (κ3) is 2.81. The van der Waals surface area contributed by atoms with Gasteiger partial charge in [-0.05, 0) is 37.6 Å². The molecular weight excluding hydrogens is 160 g/mol. The van der Waals surface area contributed by atoms with Crippen molar-refractivity contribution in [3.8, 4) is 5.75 Å². The molecule has 0 N–H and O–H groups in total. The van der Waals surface area contributed by atoms with E-state index in [-0.39, 0.29) is 0 Å². The Bertz CT molecular complexity index is 205. The molecule has 59 valence electrons. The van der Waals surface area contributed by atoms with Crippen LogP contribution < -0.4 is 4.74 Å². The second-order valence-corrected chi connectivity index (χ2v) is 2.59. The van der Waals surface area contributed by atoms with Crippen LogP contribution >= 0.6 is 11.6 Å². The van der Waals surface area contributed by atoms with Gasteiger partial charge in [0.2, 0.25) is 0 Å². The molecule has 0 aliphatic heterocycles. The van der Waals surface area contributed by atoms with Gasteiger partial charge in [0.1, 0.15) is 5.75 Å². The molecule has 0 atom stereocenters. The van der Waals surface area contributed by atoms with E-state index in [2.05, 4.69) is 6.92 Å². The van der Waals surface area contributed by atoms with Gasteiger partial charge in [0.05, 0.1) is 6.61 Å². The Morgan fingerprint density at radius 2 is 1.91 bits per heavy atom. The van der Waals surface area contributed by atoms with E-state index in [4.69, 9.17) is 16.3 Å². The Hall–Kier alpha value is -0.690. The molecule has 11 heavy (non-hydrogen) atoms. The van der Waals surface area contributed by atoms with Crippen LogP contribution in [0, 0.1) is 6.92 Å². The Morgan fingerprint density at radius 3 is 2.45 bits per heavy atom. The molecular formula is C9H10ClO. The lowest BCUT2D eigenvalue weighted by Crippen LogP contribution is -1.93. The van der Waals surface area contributed by atoms with Crippen LogP contribution in [-0.2, 0) is 0 Å². The molecule has 0 unspecified atom stereocenters. The first-order valence-electron chi connectivity index (χ1n) is 3.50. The molecule has 0 aliphatic rings. The Morgan fingerprint density at radius 1 is 1.27 bits per heavy atom. The van der Waals surface area contributed by atoms with Crippen molar-refractivity contribution >= 4 is 11.6 Å². The first kappa shape index (κ1) is 8.41. The summed E-state index contributed by atoms with van der Waals surface area (Å²) in [5.74, 6) is 0.845. The lowest BCUT2D eigenvalue weighted by molar-refractivity contribution is 0.324. The highest BCUT2D eigenvalue weighted by molar-refractivity contribution is 6.30. The summed E-state index contributed by atoms with van der Waals surface area (Å²) in [6.45, 7) is 4.32. The predicted octanol–water partition coefficient (Wildman–Crippen LogP) is 2.94. The van der Waals surface area contributed by atoms with Gasteiger partial charge in [0.25, 0.3) is 0 Å². The normalized spacial score (nSPS) is 9.64. The summed E-state index contributed by atoms with van der Waals surface area (Å²) in [7, 11) is 0. The highest BCUT2D eigenvalue weighted by atomic mass is 35.5. The highest BCUT2D eigenvalue weighted by Crippen LogP contribution is 2.15. The monoisotopic (exact) mass is 169 g/mol. The molecule has 0 saturated heterocycles. The van der Waals surface area contributed by atoms with E-state index in [1.165, 1.54) is 0 Å². The molecule has 1 nitrogen and oxygen atoms in total. The standard InChI is InChI=1S/C9H10ClO/c1-2-7-11-9-5-3-8(10)4-6-9/h3-6H,1-2,7H2. The van der Waals surface area contributed by atoms with E-state index in [0.717, 1.165) is 17.2 Å². The lowest BCUT2D eigenvalue weighted by Gasteiger charge is -2.02. The fraction of sp³-hybridized carbons (Fsp3) is 0.222. The molecule has 1 aromatic rings. The van der Waals surface area contributed by atoms with E-state index in [9.17, 15) is 0 Å². The summed E-state index contributed by atoms with van der Waals surface area (Å²) in [4.78, 5) is 0. The minimum Gasteiger partial charge on any atom is -0.494 e. The smallest absolute Gasteiger partial charge is 0.119 e. The summed E-state index contributed by atoms with van der Waals surface area (Å²) in [6.07, 6.45) is 0.780. The third-order valence-corrected chi connectivity index (χ3v) is 1.48. The molecule has 1 rings (SSSR count). The van der Waals surface area contributed by atoms with Crippen molar-refractivity contribution in [3.05, 3.63) is 36.2 Å². The first-order valence-corrected chi connectivity index (χ1v) is 3.88. The summed E-state index contributed by atoms with van der Waals surface area (Å²) in [6, 6.07) is 7.30. The van der Waals surface area contributed by atoms with Crippen molar-refractivity contribution in [1.82, 2.24) is 0 Å². The highest BCUT2D eigenvalue weighted by Gasteiger charge is 1.90. The van der Waals surface area contributed by atoms with Gasteiger partial charge in [-0.2, -0.15) is 0 Å². The van der Waals surface area contributed by atoms with Crippen molar-refractivity contribution < 1.29 is 4.74 Å². The van der Waals surface area contributed by atoms with Gasteiger partial charge < -0.3 is 4.74 Å². The second kappa shape index (κ2) is 4.24. The van der Waals surface area contributed by atoms with Gasteiger partial charge in [0.15, 0.2) is 0 Å². The van der Waals surface area contributed by atoms with Crippen LogP contribution in [0.2, 0.25) is 5.02 Å². The topological polar surface area (TPSA) is 9.23 Å². The summed E-state index contributed by atoms with van der Waals surface area (Å²) >= 11 is 5.68. The predicted molar refractivity (Wildman–Crippen MR) is 46.9 cm³/mol. The largest absolute Gasteiger partial charge is 0.494 e. The van der Waals surface area contributed by atoms with Crippen LogP contribution in [0.25, 0.3) is 0 Å². The Balaban J connectivity index is 2.52. The molecule has 0 aromatic heterocycles. The van der Waals surface area contributed by atoms with Crippen LogP contribution in [0.5, 0.6) is 5.75 Å². The molecule has 2 heteroatoms. The molecule has 0 heterocycles. The van der Waals surface area contributed by atoms with Gasteiger partial charge in [-0.25, -0.2) is 0 Å². The number of benzene rings is 1. The molecule has 0 bridgehead atoms. The third-order valence-electron chi connectivity index (χ3n) is 1.23. The van der Waals surface area contributed by atoms with Crippen LogP contribution in [0.15, 0.2) is 24.3 Å². The number of halogens is 1. The number of hydrogen-bond donors (Lipinski definition) is 0. The average molecular weight is 170 g/mol. The van der Waals surface area contributed by atoms with Crippen LogP contribution in [0.3, 0.4) is 0 Å². The van der Waals surface area contributed by atoms with Gasteiger partial charge >= 0.3 is 0 Å². The van der Waals surface area contributed by atoms with Crippen molar-refractivity contribution in [1.29, 1.82) is 0 Å². The van der Waals surface area contributed by atoms with E-state index in [1.807, 2.05) is 12.1 Å². The summed E-state index contributed by atoms with van der Waals surface area (Å²) < 4.78 is 5.29. The van der Waals surface area contributed by atoms with Crippen molar-refractivity contribution in [3.63, 3.8) is 0 Å². The van der Waals surface area contributed by atoms with Crippen molar-refractivity contribution in [2.45, 2.75) is 6.42 Å². The quantitative estimate of drug-likeness (QED) is 0.676. The minimum atomic E-state index is 0.654. The molecule has 1 radical (unpaired) electrons. The van der Waals surface area contributed by atoms with E-state index in [1.54, 1.807) is 12.1 Å². The Labute approximate surface area is 71.9 Å². The van der Waals surface area contributed by atoms with Gasteiger partial charge in [-0.1, -0.05) is 11.6 Å². The SMILES string of the molecule is [CH2]CCOc1ccc(Cl)cc1. The van der Waals surface area contributed by atoms with Crippen LogP contribution in [0.4, 0.5) is 0 Å². The number of ether oxygens (including phenoxy) is 1. The van der Waals surface area contributed by atoms with E-state index < -0.39 is 0 Å². The summed E-state index contributed by atoms with van der Waals surface area (Å²) in [5, 5.41) is 0.729. The van der Waals surface area contributed by atoms with Crippen LogP contribution in [-0.4, -0.2) is 6.61 Å². The molecule has 1 aromatic carbocycles. The van der Waals surface area contributed by atoms with Crippen molar-refractivity contribution in [2.24, 2.45) is 0 Å². The molecule has 0 aliphatic carbocycles. The maximum absolute atomic E-state index is 5.68. The molecule has 0 amide bonds. The minimum absolute atomic E-state index is 0.654. The maximum atomic E-state index is 5.68. The van der Waals surface area contributed by atoms with Crippen molar-refractivity contribution in [2.75, 3.05) is 6.61 Å². The van der Waals surface area contributed by atoms with Crippen LogP contribution in [0.1, 0.15) is 6.42 Å². The van der Waals surface area contributed by atoms with Gasteiger partial charge in [0, 0.05) is 5.02 Å². The molecule has 0 saturated carbocycles. The lowest BCUT2D eigenvalue weighted by atomic mass is 10.3. The number of rotatable bonds is 3. The zero-order valence-electron chi connectivity index (χ0n) is 6.22.